The molecule has 0 radical (unpaired) electrons. The highest BCUT2D eigenvalue weighted by atomic mass is 16.6. The van der Waals surface area contributed by atoms with Crippen LogP contribution in [0.2, 0.25) is 0 Å². The zero-order valence-corrected chi connectivity index (χ0v) is 12.7. The van der Waals surface area contributed by atoms with E-state index >= 15 is 0 Å². The summed E-state index contributed by atoms with van der Waals surface area (Å²) in [7, 11) is 0. The van der Waals surface area contributed by atoms with Crippen LogP contribution in [0.15, 0.2) is 18.3 Å². The molecule has 0 aliphatic carbocycles. The van der Waals surface area contributed by atoms with E-state index in [2.05, 4.69) is 4.98 Å². The molecule has 0 amide bonds. The van der Waals surface area contributed by atoms with Gasteiger partial charge in [-0.25, -0.2) is 4.98 Å². The first-order chi connectivity index (χ1) is 11.0. The third kappa shape index (κ3) is 7.04. The normalized spacial score (nSPS) is 19.8. The molecule has 0 atom stereocenters. The van der Waals surface area contributed by atoms with E-state index in [4.69, 9.17) is 28.4 Å². The Hall–Kier alpha value is -1.41. The zero-order chi connectivity index (χ0) is 15.3. The Bertz CT molecular complexity index is 366. The van der Waals surface area contributed by atoms with Crippen molar-refractivity contribution >= 4 is 0 Å². The molecule has 0 bridgehead atoms. The first kappa shape index (κ1) is 17.0. The van der Waals surface area contributed by atoms with Crippen molar-refractivity contribution < 1.29 is 28.4 Å². The highest BCUT2D eigenvalue weighted by molar-refractivity contribution is 5.32. The third-order valence-corrected chi connectivity index (χ3v) is 2.80. The van der Waals surface area contributed by atoms with Crippen LogP contribution in [0.1, 0.15) is 0 Å². The summed E-state index contributed by atoms with van der Waals surface area (Å²) < 4.78 is 32.8. The number of nitrogens with zero attached hydrogens (tertiary/aromatic N) is 1. The Balaban J connectivity index is 1.79. The number of pyridine rings is 1. The maximum atomic E-state index is 5.62. The van der Waals surface area contributed by atoms with E-state index in [0.29, 0.717) is 77.7 Å². The average Bonchev–Trinajstić information content (AvgIpc) is 2.55. The highest BCUT2D eigenvalue weighted by Gasteiger charge is 2.06. The van der Waals surface area contributed by atoms with Crippen LogP contribution in [0, 0.1) is 0 Å². The number of fused-ring (bicyclic) bond motifs is 1. The van der Waals surface area contributed by atoms with Gasteiger partial charge in [-0.1, -0.05) is 0 Å². The molecule has 2 rings (SSSR count). The lowest BCUT2D eigenvalue weighted by molar-refractivity contribution is -0.00863. The SMILES string of the molecule is c1cnc2c(c1)OCCOCCOCCOCCOCCO2. The second kappa shape index (κ2) is 11.2. The van der Waals surface area contributed by atoms with E-state index in [0.717, 1.165) is 0 Å². The summed E-state index contributed by atoms with van der Waals surface area (Å²) >= 11 is 0. The molecule has 7 heteroatoms. The lowest BCUT2D eigenvalue weighted by Gasteiger charge is -2.12. The summed E-state index contributed by atoms with van der Waals surface area (Å²) in [6.07, 6.45) is 1.66. The van der Waals surface area contributed by atoms with E-state index in [9.17, 15) is 0 Å². The number of rotatable bonds is 0. The summed E-state index contributed by atoms with van der Waals surface area (Å²) in [6.45, 7) is 5.05. The summed E-state index contributed by atoms with van der Waals surface area (Å²) in [5.41, 5.74) is 0. The summed E-state index contributed by atoms with van der Waals surface area (Å²) in [6, 6.07) is 3.62. The van der Waals surface area contributed by atoms with Crippen LogP contribution in [-0.4, -0.2) is 71.1 Å². The third-order valence-electron chi connectivity index (χ3n) is 2.80. The molecule has 0 saturated heterocycles. The predicted molar refractivity (Wildman–Crippen MR) is 78.5 cm³/mol. The second-order valence-corrected chi connectivity index (χ2v) is 4.45. The number of hydrogen-bond acceptors (Lipinski definition) is 7. The molecule has 22 heavy (non-hydrogen) atoms. The number of hydrogen-bond donors (Lipinski definition) is 0. The molecule has 0 fully saturated rings. The van der Waals surface area contributed by atoms with Gasteiger partial charge in [-0.15, -0.1) is 0 Å². The minimum absolute atomic E-state index is 0.410. The molecule has 1 aliphatic rings. The summed E-state index contributed by atoms with van der Waals surface area (Å²) in [4.78, 5) is 4.16. The van der Waals surface area contributed by atoms with Gasteiger partial charge < -0.3 is 28.4 Å². The Labute approximate surface area is 130 Å². The van der Waals surface area contributed by atoms with Crippen molar-refractivity contribution in [2.75, 3.05) is 66.1 Å². The van der Waals surface area contributed by atoms with Crippen molar-refractivity contribution in [1.82, 2.24) is 4.98 Å². The molecular weight excluding hydrogens is 290 g/mol. The molecule has 0 aromatic carbocycles. The molecule has 1 aromatic heterocycles. The van der Waals surface area contributed by atoms with E-state index in [-0.39, 0.29) is 0 Å². The largest absolute Gasteiger partial charge is 0.486 e. The number of ether oxygens (including phenoxy) is 6. The van der Waals surface area contributed by atoms with Gasteiger partial charge in [0.2, 0.25) is 0 Å². The Kier molecular flexibility index (Phi) is 8.63. The van der Waals surface area contributed by atoms with Crippen LogP contribution in [0.3, 0.4) is 0 Å². The van der Waals surface area contributed by atoms with Gasteiger partial charge in [0.25, 0.3) is 5.88 Å². The van der Waals surface area contributed by atoms with Gasteiger partial charge in [0.1, 0.15) is 13.2 Å². The van der Waals surface area contributed by atoms with E-state index < -0.39 is 0 Å². The fraction of sp³-hybridized carbons (Fsp3) is 0.667. The van der Waals surface area contributed by atoms with Gasteiger partial charge in [0, 0.05) is 6.20 Å². The Morgan fingerprint density at radius 1 is 0.636 bits per heavy atom. The van der Waals surface area contributed by atoms with Crippen molar-refractivity contribution in [3.63, 3.8) is 0 Å². The van der Waals surface area contributed by atoms with Gasteiger partial charge in [0.15, 0.2) is 5.75 Å². The van der Waals surface area contributed by atoms with Gasteiger partial charge in [-0.05, 0) is 12.1 Å². The smallest absolute Gasteiger partial charge is 0.257 e. The monoisotopic (exact) mass is 313 g/mol. The molecule has 0 N–H and O–H groups in total. The van der Waals surface area contributed by atoms with Crippen LogP contribution in [-0.2, 0) is 18.9 Å². The van der Waals surface area contributed by atoms with Crippen molar-refractivity contribution in [3.05, 3.63) is 18.3 Å². The molecule has 0 saturated carbocycles. The molecule has 0 spiro atoms. The van der Waals surface area contributed by atoms with Gasteiger partial charge in [0.05, 0.1) is 52.9 Å². The van der Waals surface area contributed by atoms with Crippen molar-refractivity contribution in [1.29, 1.82) is 0 Å². The van der Waals surface area contributed by atoms with E-state index in [1.54, 1.807) is 12.3 Å². The standard InChI is InChI=1S/C15H23NO6/c1-2-14-15(16-3-1)22-13-11-20-9-7-18-5-4-17-6-8-19-10-12-21-14/h1-3H,4-13H2. The fourth-order valence-electron chi connectivity index (χ4n) is 1.76. The lowest BCUT2D eigenvalue weighted by Crippen LogP contribution is -2.16. The van der Waals surface area contributed by atoms with Gasteiger partial charge in [-0.3, -0.25) is 0 Å². The van der Waals surface area contributed by atoms with Crippen LogP contribution in [0.5, 0.6) is 11.6 Å². The molecule has 1 aliphatic heterocycles. The van der Waals surface area contributed by atoms with Crippen LogP contribution < -0.4 is 9.47 Å². The van der Waals surface area contributed by atoms with Crippen LogP contribution in [0.4, 0.5) is 0 Å². The van der Waals surface area contributed by atoms with Crippen LogP contribution >= 0.6 is 0 Å². The van der Waals surface area contributed by atoms with Gasteiger partial charge >= 0.3 is 0 Å². The molecule has 2 heterocycles. The minimum Gasteiger partial charge on any atom is -0.486 e. The molecule has 0 unspecified atom stereocenters. The van der Waals surface area contributed by atoms with E-state index in [1.165, 1.54) is 0 Å². The topological polar surface area (TPSA) is 68.3 Å². The zero-order valence-electron chi connectivity index (χ0n) is 12.7. The minimum atomic E-state index is 0.410. The van der Waals surface area contributed by atoms with Gasteiger partial charge in [-0.2, -0.15) is 0 Å². The van der Waals surface area contributed by atoms with Crippen molar-refractivity contribution in [2.45, 2.75) is 0 Å². The predicted octanol–water partition coefficient (Wildman–Crippen LogP) is 0.919. The summed E-state index contributed by atoms with van der Waals surface area (Å²) in [5.74, 6) is 1.07. The number of aromatic nitrogens is 1. The second-order valence-electron chi connectivity index (χ2n) is 4.45. The molecule has 1 aromatic rings. The maximum absolute atomic E-state index is 5.62. The highest BCUT2D eigenvalue weighted by Crippen LogP contribution is 2.23. The Morgan fingerprint density at radius 3 is 1.73 bits per heavy atom. The first-order valence-electron chi connectivity index (χ1n) is 7.48. The molecule has 7 nitrogen and oxygen atoms in total. The lowest BCUT2D eigenvalue weighted by atomic mass is 10.4. The first-order valence-corrected chi connectivity index (χ1v) is 7.48. The molecule has 124 valence electrons. The molecular formula is C15H23NO6. The Morgan fingerprint density at radius 2 is 1.14 bits per heavy atom. The maximum Gasteiger partial charge on any atom is 0.257 e. The average molecular weight is 313 g/mol. The van der Waals surface area contributed by atoms with Crippen molar-refractivity contribution in [3.8, 4) is 11.6 Å². The summed E-state index contributed by atoms with van der Waals surface area (Å²) in [5, 5.41) is 0. The van der Waals surface area contributed by atoms with Crippen LogP contribution in [0.25, 0.3) is 0 Å². The fourth-order valence-corrected chi connectivity index (χ4v) is 1.76. The quantitative estimate of drug-likeness (QED) is 0.705. The van der Waals surface area contributed by atoms with Crippen molar-refractivity contribution in [2.24, 2.45) is 0 Å². The van der Waals surface area contributed by atoms with E-state index in [1.807, 2.05) is 6.07 Å².